The number of carbonyl (C=O) groups is 1. The molecule has 1 atom stereocenters. The molecule has 0 radical (unpaired) electrons. The number of nitrogens with zero attached hydrogens (tertiary/aromatic N) is 3. The minimum Gasteiger partial charge on any atom is -0.355 e. The molecule has 6 nitrogen and oxygen atoms in total. The van der Waals surface area contributed by atoms with Gasteiger partial charge in [0.1, 0.15) is 5.52 Å². The molecule has 7 heteroatoms. The average molecular weight is 404 g/mol. The Hall–Kier alpha value is -3.19. The van der Waals surface area contributed by atoms with Crippen LogP contribution in [0.2, 0.25) is 0 Å². The van der Waals surface area contributed by atoms with Crippen LogP contribution in [0.4, 0.5) is 5.13 Å². The van der Waals surface area contributed by atoms with E-state index in [4.69, 9.17) is 4.52 Å². The zero-order chi connectivity index (χ0) is 19.6. The fourth-order valence-corrected chi connectivity index (χ4v) is 4.59. The number of aromatic nitrogens is 2. The molecule has 1 aliphatic heterocycles. The van der Waals surface area contributed by atoms with Gasteiger partial charge in [-0.1, -0.05) is 35.5 Å². The number of rotatable bonds is 5. The van der Waals surface area contributed by atoms with Crippen molar-refractivity contribution in [3.8, 4) is 11.3 Å². The molecule has 4 aromatic rings. The van der Waals surface area contributed by atoms with Gasteiger partial charge < -0.3 is 14.7 Å². The summed E-state index contributed by atoms with van der Waals surface area (Å²) in [5.74, 6) is 0.596. The molecule has 0 spiro atoms. The normalized spacial score (nSPS) is 16.4. The van der Waals surface area contributed by atoms with E-state index in [9.17, 15) is 4.79 Å². The fourth-order valence-electron chi connectivity index (χ4n) is 3.85. The third-order valence-corrected chi connectivity index (χ3v) is 6.12. The van der Waals surface area contributed by atoms with Crippen LogP contribution >= 0.6 is 11.3 Å². The summed E-state index contributed by atoms with van der Waals surface area (Å²) in [4.78, 5) is 19.5. The maximum Gasteiger partial charge on any atom is 0.251 e. The summed E-state index contributed by atoms with van der Waals surface area (Å²) in [6.45, 7) is 1.59. The molecule has 0 saturated carbocycles. The Morgan fingerprint density at radius 1 is 1.24 bits per heavy atom. The summed E-state index contributed by atoms with van der Waals surface area (Å²) < 4.78 is 5.54. The SMILES string of the molecule is O=C(NCC1CCCN1c1nccs1)c1ccc2noc(-c3ccccc3)c2c1. The van der Waals surface area contributed by atoms with E-state index >= 15 is 0 Å². The van der Waals surface area contributed by atoms with Crippen LogP contribution in [0.1, 0.15) is 23.2 Å². The van der Waals surface area contributed by atoms with Crippen molar-refractivity contribution in [3.05, 3.63) is 65.7 Å². The molecular formula is C22H20N4O2S. The van der Waals surface area contributed by atoms with E-state index in [0.29, 0.717) is 17.9 Å². The molecule has 1 amide bonds. The van der Waals surface area contributed by atoms with Crippen molar-refractivity contribution < 1.29 is 9.32 Å². The van der Waals surface area contributed by atoms with Crippen LogP contribution in [0.15, 0.2) is 64.6 Å². The Kier molecular flexibility index (Phi) is 4.73. The van der Waals surface area contributed by atoms with Gasteiger partial charge in [-0.2, -0.15) is 0 Å². The highest BCUT2D eigenvalue weighted by Gasteiger charge is 2.26. The first-order chi connectivity index (χ1) is 14.3. The van der Waals surface area contributed by atoms with Gasteiger partial charge in [0.15, 0.2) is 10.9 Å². The number of nitrogens with one attached hydrogen (secondary N) is 1. The predicted molar refractivity (Wildman–Crippen MR) is 114 cm³/mol. The molecule has 2 aromatic heterocycles. The van der Waals surface area contributed by atoms with Gasteiger partial charge in [-0.15, -0.1) is 11.3 Å². The number of hydrogen-bond acceptors (Lipinski definition) is 6. The predicted octanol–water partition coefficient (Wildman–Crippen LogP) is 4.35. The number of anilines is 1. The maximum atomic E-state index is 12.8. The summed E-state index contributed by atoms with van der Waals surface area (Å²) in [6.07, 6.45) is 4.00. The largest absolute Gasteiger partial charge is 0.355 e. The lowest BCUT2D eigenvalue weighted by Gasteiger charge is -2.24. The molecule has 146 valence electrons. The van der Waals surface area contributed by atoms with Crippen LogP contribution in [0.3, 0.4) is 0 Å². The number of fused-ring (bicyclic) bond motifs is 1. The zero-order valence-corrected chi connectivity index (χ0v) is 16.6. The smallest absolute Gasteiger partial charge is 0.251 e. The third-order valence-electron chi connectivity index (χ3n) is 5.31. The zero-order valence-electron chi connectivity index (χ0n) is 15.7. The van der Waals surface area contributed by atoms with Gasteiger partial charge in [-0.25, -0.2) is 4.98 Å². The molecule has 0 bridgehead atoms. The highest BCUT2D eigenvalue weighted by molar-refractivity contribution is 7.13. The first-order valence-corrected chi connectivity index (χ1v) is 10.6. The molecule has 1 aliphatic rings. The molecule has 1 N–H and O–H groups in total. The molecule has 0 aliphatic carbocycles. The fraction of sp³-hybridized carbons (Fsp3) is 0.227. The van der Waals surface area contributed by atoms with Crippen molar-refractivity contribution in [2.24, 2.45) is 0 Å². The van der Waals surface area contributed by atoms with Crippen molar-refractivity contribution >= 4 is 33.3 Å². The van der Waals surface area contributed by atoms with E-state index < -0.39 is 0 Å². The van der Waals surface area contributed by atoms with Crippen molar-refractivity contribution in [2.75, 3.05) is 18.0 Å². The van der Waals surface area contributed by atoms with E-state index in [1.54, 1.807) is 17.4 Å². The van der Waals surface area contributed by atoms with Crippen molar-refractivity contribution in [3.63, 3.8) is 0 Å². The summed E-state index contributed by atoms with van der Waals surface area (Å²) in [5.41, 5.74) is 2.29. The second kappa shape index (κ2) is 7.67. The molecule has 29 heavy (non-hydrogen) atoms. The maximum absolute atomic E-state index is 12.8. The van der Waals surface area contributed by atoms with Crippen LogP contribution < -0.4 is 10.2 Å². The van der Waals surface area contributed by atoms with Gasteiger partial charge in [0.05, 0.1) is 5.39 Å². The quantitative estimate of drug-likeness (QED) is 0.535. The first-order valence-electron chi connectivity index (χ1n) is 9.69. The van der Waals surface area contributed by atoms with Crippen LogP contribution in [0.5, 0.6) is 0 Å². The van der Waals surface area contributed by atoms with E-state index in [2.05, 4.69) is 20.4 Å². The Morgan fingerprint density at radius 3 is 2.97 bits per heavy atom. The van der Waals surface area contributed by atoms with E-state index in [-0.39, 0.29) is 11.9 Å². The standard InChI is InChI=1S/C22H20N4O2S/c27-21(24-14-17-7-4-11-26(17)22-23-10-12-29-22)16-8-9-19-18(13-16)20(28-25-19)15-5-2-1-3-6-15/h1-3,5-6,8-10,12-13,17H,4,7,11,14H2,(H,24,27). The van der Waals surface area contributed by atoms with E-state index in [0.717, 1.165) is 41.0 Å². The lowest BCUT2D eigenvalue weighted by atomic mass is 10.1. The van der Waals surface area contributed by atoms with E-state index in [1.807, 2.05) is 54.0 Å². The van der Waals surface area contributed by atoms with Crippen molar-refractivity contribution in [1.82, 2.24) is 15.5 Å². The van der Waals surface area contributed by atoms with E-state index in [1.165, 1.54) is 0 Å². The number of amides is 1. The summed E-state index contributed by atoms with van der Waals surface area (Å²) in [7, 11) is 0. The molecule has 1 unspecified atom stereocenters. The van der Waals surface area contributed by atoms with Crippen molar-refractivity contribution in [1.29, 1.82) is 0 Å². The minimum atomic E-state index is -0.0851. The van der Waals surface area contributed by atoms with Crippen LogP contribution in [0.25, 0.3) is 22.2 Å². The van der Waals surface area contributed by atoms with Gasteiger partial charge in [0.25, 0.3) is 5.91 Å². The van der Waals surface area contributed by atoms with Crippen LogP contribution in [-0.4, -0.2) is 35.2 Å². The van der Waals surface area contributed by atoms with Crippen LogP contribution in [-0.2, 0) is 0 Å². The van der Waals surface area contributed by atoms with Crippen molar-refractivity contribution in [2.45, 2.75) is 18.9 Å². The number of carbonyl (C=O) groups excluding carboxylic acids is 1. The van der Waals surface area contributed by atoms with Gasteiger partial charge in [-0.05, 0) is 31.0 Å². The number of benzene rings is 2. The second-order valence-corrected chi connectivity index (χ2v) is 8.00. The molecule has 3 heterocycles. The molecule has 5 rings (SSSR count). The summed E-state index contributed by atoms with van der Waals surface area (Å²) in [6, 6.07) is 15.6. The first kappa shape index (κ1) is 17.9. The number of thiazole rings is 1. The van der Waals surface area contributed by atoms with Gasteiger partial charge in [0.2, 0.25) is 0 Å². The molecular weight excluding hydrogens is 384 g/mol. The molecule has 1 fully saturated rings. The molecule has 2 aromatic carbocycles. The number of hydrogen-bond donors (Lipinski definition) is 1. The van der Waals surface area contributed by atoms with Gasteiger partial charge in [-0.3, -0.25) is 4.79 Å². The van der Waals surface area contributed by atoms with Crippen LogP contribution in [0, 0.1) is 0 Å². The average Bonchev–Trinajstić information content (AvgIpc) is 3.52. The lowest BCUT2D eigenvalue weighted by Crippen LogP contribution is -2.40. The Bertz CT molecular complexity index is 1120. The highest BCUT2D eigenvalue weighted by Crippen LogP contribution is 2.29. The lowest BCUT2D eigenvalue weighted by molar-refractivity contribution is 0.0951. The summed E-state index contributed by atoms with van der Waals surface area (Å²) in [5, 5.41) is 11.1. The monoisotopic (exact) mass is 404 g/mol. The Morgan fingerprint density at radius 2 is 2.14 bits per heavy atom. The highest BCUT2D eigenvalue weighted by atomic mass is 32.1. The topological polar surface area (TPSA) is 71.3 Å². The van der Waals surface area contributed by atoms with Gasteiger partial charge in [0, 0.05) is 41.8 Å². The third kappa shape index (κ3) is 3.49. The molecule has 1 saturated heterocycles. The minimum absolute atomic E-state index is 0.0851. The Balaban J connectivity index is 1.33. The second-order valence-electron chi connectivity index (χ2n) is 7.12. The Labute approximate surface area is 172 Å². The van der Waals surface area contributed by atoms with Gasteiger partial charge >= 0.3 is 0 Å². The summed E-state index contributed by atoms with van der Waals surface area (Å²) >= 11 is 1.64.